The molecule has 106 valence electrons. The van der Waals surface area contributed by atoms with Crippen LogP contribution in [-0.4, -0.2) is 68.3 Å². The maximum Gasteiger partial charge on any atom is 0.0594 e. The zero-order valence-corrected chi connectivity index (χ0v) is 11.8. The van der Waals surface area contributed by atoms with E-state index in [0.717, 1.165) is 38.8 Å². The maximum atomic E-state index is 5.99. The summed E-state index contributed by atoms with van der Waals surface area (Å²) in [5.41, 5.74) is 5.99. The summed E-state index contributed by atoms with van der Waals surface area (Å²) in [6, 6.07) is 0.616. The van der Waals surface area contributed by atoms with Crippen molar-refractivity contribution in [1.29, 1.82) is 0 Å². The Morgan fingerprint density at radius 1 is 1.17 bits per heavy atom. The van der Waals surface area contributed by atoms with Gasteiger partial charge in [-0.3, -0.25) is 9.80 Å². The Balaban J connectivity index is 1.78. The normalized spacial score (nSPS) is 31.7. The van der Waals surface area contributed by atoms with Gasteiger partial charge in [-0.25, -0.2) is 0 Å². The topological polar surface area (TPSA) is 41.7 Å². The number of morpholine rings is 1. The van der Waals surface area contributed by atoms with Crippen LogP contribution in [0.5, 0.6) is 0 Å². The van der Waals surface area contributed by atoms with Gasteiger partial charge in [-0.1, -0.05) is 13.3 Å². The number of rotatable bonds is 5. The molecule has 0 spiro atoms. The van der Waals surface area contributed by atoms with E-state index in [2.05, 4.69) is 16.7 Å². The van der Waals surface area contributed by atoms with Crippen molar-refractivity contribution in [1.82, 2.24) is 9.80 Å². The molecule has 0 bridgehead atoms. The summed E-state index contributed by atoms with van der Waals surface area (Å²) >= 11 is 0. The largest absolute Gasteiger partial charge is 0.379 e. The molecule has 2 fully saturated rings. The number of likely N-dealkylation sites (tertiary alicyclic amines) is 1. The Morgan fingerprint density at radius 2 is 1.94 bits per heavy atom. The van der Waals surface area contributed by atoms with Crippen molar-refractivity contribution in [2.24, 2.45) is 11.7 Å². The monoisotopic (exact) mass is 255 g/mol. The van der Waals surface area contributed by atoms with Crippen LogP contribution in [0.15, 0.2) is 0 Å². The summed E-state index contributed by atoms with van der Waals surface area (Å²) in [6.07, 6.45) is 3.99. The summed E-state index contributed by atoms with van der Waals surface area (Å²) in [6.45, 7) is 10.7. The van der Waals surface area contributed by atoms with Gasteiger partial charge in [0.15, 0.2) is 0 Å². The van der Waals surface area contributed by atoms with Gasteiger partial charge >= 0.3 is 0 Å². The van der Waals surface area contributed by atoms with E-state index in [1.165, 1.54) is 38.9 Å². The lowest BCUT2D eigenvalue weighted by molar-refractivity contribution is 0.0235. The maximum absolute atomic E-state index is 5.99. The number of hydrogen-bond acceptors (Lipinski definition) is 4. The van der Waals surface area contributed by atoms with E-state index in [1.54, 1.807) is 0 Å². The summed E-state index contributed by atoms with van der Waals surface area (Å²) in [5.74, 6) is 0.813. The van der Waals surface area contributed by atoms with Gasteiger partial charge in [0.1, 0.15) is 0 Å². The van der Waals surface area contributed by atoms with Crippen molar-refractivity contribution < 1.29 is 4.74 Å². The van der Waals surface area contributed by atoms with Crippen LogP contribution in [0.1, 0.15) is 26.2 Å². The molecule has 0 amide bonds. The van der Waals surface area contributed by atoms with Crippen molar-refractivity contribution in [2.45, 2.75) is 32.2 Å². The molecule has 0 saturated carbocycles. The lowest BCUT2D eigenvalue weighted by Crippen LogP contribution is -2.52. The highest BCUT2D eigenvalue weighted by molar-refractivity contribution is 4.85. The number of ether oxygens (including phenoxy) is 1. The van der Waals surface area contributed by atoms with E-state index in [0.29, 0.717) is 6.04 Å². The molecule has 2 aliphatic rings. The summed E-state index contributed by atoms with van der Waals surface area (Å²) in [4.78, 5) is 5.15. The standard InChI is InChI=1S/C14H29N3O/c1-2-13-4-3-5-17(14(13)12-15)7-6-16-8-10-18-11-9-16/h13-14H,2-12,15H2,1H3. The highest BCUT2D eigenvalue weighted by Gasteiger charge is 2.29. The van der Waals surface area contributed by atoms with Gasteiger partial charge in [0.2, 0.25) is 0 Å². The molecular weight excluding hydrogens is 226 g/mol. The molecule has 18 heavy (non-hydrogen) atoms. The van der Waals surface area contributed by atoms with Crippen LogP contribution in [0.25, 0.3) is 0 Å². The summed E-state index contributed by atoms with van der Waals surface area (Å²) in [7, 11) is 0. The molecule has 2 atom stereocenters. The minimum Gasteiger partial charge on any atom is -0.379 e. The second-order valence-corrected chi connectivity index (χ2v) is 5.60. The SMILES string of the molecule is CCC1CCCN(CCN2CCOCC2)C1CN. The van der Waals surface area contributed by atoms with Gasteiger partial charge in [0, 0.05) is 38.8 Å². The van der Waals surface area contributed by atoms with E-state index in [9.17, 15) is 0 Å². The Morgan fingerprint density at radius 3 is 2.61 bits per heavy atom. The molecule has 0 aromatic carbocycles. The molecule has 2 rings (SSSR count). The van der Waals surface area contributed by atoms with Crippen molar-refractivity contribution in [3.63, 3.8) is 0 Å². The van der Waals surface area contributed by atoms with Gasteiger partial charge in [0.05, 0.1) is 13.2 Å². The van der Waals surface area contributed by atoms with Crippen LogP contribution >= 0.6 is 0 Å². The van der Waals surface area contributed by atoms with Crippen LogP contribution in [-0.2, 0) is 4.74 Å². The van der Waals surface area contributed by atoms with Crippen LogP contribution < -0.4 is 5.73 Å². The fourth-order valence-corrected chi connectivity index (χ4v) is 3.40. The van der Waals surface area contributed by atoms with E-state index in [1.807, 2.05) is 0 Å². The number of nitrogens with zero attached hydrogens (tertiary/aromatic N) is 2. The number of hydrogen-bond donors (Lipinski definition) is 1. The second kappa shape index (κ2) is 7.43. The lowest BCUT2D eigenvalue weighted by atomic mass is 9.87. The third-order valence-corrected chi connectivity index (χ3v) is 4.61. The van der Waals surface area contributed by atoms with E-state index in [-0.39, 0.29) is 0 Å². The smallest absolute Gasteiger partial charge is 0.0594 e. The molecule has 2 N–H and O–H groups in total. The predicted molar refractivity (Wildman–Crippen MR) is 74.7 cm³/mol. The first kappa shape index (κ1) is 14.3. The van der Waals surface area contributed by atoms with E-state index in [4.69, 9.17) is 10.5 Å². The highest BCUT2D eigenvalue weighted by Crippen LogP contribution is 2.25. The van der Waals surface area contributed by atoms with E-state index >= 15 is 0 Å². The fourth-order valence-electron chi connectivity index (χ4n) is 3.40. The Hall–Kier alpha value is -0.160. The third-order valence-electron chi connectivity index (χ3n) is 4.61. The van der Waals surface area contributed by atoms with Crippen molar-refractivity contribution >= 4 is 0 Å². The number of nitrogens with two attached hydrogens (primary N) is 1. The average molecular weight is 255 g/mol. The zero-order valence-electron chi connectivity index (χ0n) is 11.8. The Kier molecular flexibility index (Phi) is 5.89. The molecule has 0 aromatic heterocycles. The molecule has 2 saturated heterocycles. The first-order chi connectivity index (χ1) is 8.85. The van der Waals surface area contributed by atoms with E-state index < -0.39 is 0 Å². The molecule has 0 radical (unpaired) electrons. The first-order valence-corrected chi connectivity index (χ1v) is 7.59. The fraction of sp³-hybridized carbons (Fsp3) is 1.00. The van der Waals surface area contributed by atoms with Crippen molar-refractivity contribution in [2.75, 3.05) is 52.5 Å². The third kappa shape index (κ3) is 3.67. The molecule has 4 nitrogen and oxygen atoms in total. The number of piperidine rings is 1. The van der Waals surface area contributed by atoms with Gasteiger partial charge < -0.3 is 10.5 Å². The van der Waals surface area contributed by atoms with Gasteiger partial charge in [-0.2, -0.15) is 0 Å². The quantitative estimate of drug-likeness (QED) is 0.788. The van der Waals surface area contributed by atoms with Crippen LogP contribution in [0.2, 0.25) is 0 Å². The Bertz CT molecular complexity index is 231. The van der Waals surface area contributed by atoms with Crippen LogP contribution in [0.3, 0.4) is 0 Å². The van der Waals surface area contributed by atoms with Crippen molar-refractivity contribution in [3.05, 3.63) is 0 Å². The molecule has 2 aliphatic heterocycles. The minimum atomic E-state index is 0.616. The van der Waals surface area contributed by atoms with Gasteiger partial charge in [-0.15, -0.1) is 0 Å². The zero-order chi connectivity index (χ0) is 12.8. The molecule has 4 heteroatoms. The summed E-state index contributed by atoms with van der Waals surface area (Å²) < 4.78 is 5.39. The van der Waals surface area contributed by atoms with Gasteiger partial charge in [0.25, 0.3) is 0 Å². The minimum absolute atomic E-state index is 0.616. The molecule has 2 unspecified atom stereocenters. The average Bonchev–Trinajstić information content (AvgIpc) is 2.45. The first-order valence-electron chi connectivity index (χ1n) is 7.59. The van der Waals surface area contributed by atoms with Crippen molar-refractivity contribution in [3.8, 4) is 0 Å². The molecule has 2 heterocycles. The lowest BCUT2D eigenvalue weighted by Gasteiger charge is -2.41. The summed E-state index contributed by atoms with van der Waals surface area (Å²) in [5, 5.41) is 0. The predicted octanol–water partition coefficient (Wildman–Crippen LogP) is 0.768. The highest BCUT2D eigenvalue weighted by atomic mass is 16.5. The van der Waals surface area contributed by atoms with Crippen LogP contribution in [0.4, 0.5) is 0 Å². The molecular formula is C14H29N3O. The molecule has 0 aromatic rings. The van der Waals surface area contributed by atoms with Gasteiger partial charge in [-0.05, 0) is 25.3 Å². The van der Waals surface area contributed by atoms with Crippen LogP contribution in [0, 0.1) is 5.92 Å². The molecule has 0 aliphatic carbocycles. The Labute approximate surface area is 111 Å². The second-order valence-electron chi connectivity index (χ2n) is 5.60.